The van der Waals surface area contributed by atoms with E-state index in [0.29, 0.717) is 0 Å². The standard InChI is InChI=1S/C17H29NO7/c1-8(2)10(18)14(19)20-7-9-11-12(23-16(3,4)22-11)13-15(21-9)25-17(5,6)24-13/h8-13,15H,7,18H2,1-6H3/t9-,10+,11+,12+,13-,15-/m1/s1. The minimum atomic E-state index is -0.778. The topological polar surface area (TPSA) is 98.5 Å². The molecule has 8 heteroatoms. The molecular formula is C17H29NO7. The van der Waals surface area contributed by atoms with Gasteiger partial charge in [0.05, 0.1) is 0 Å². The van der Waals surface area contributed by atoms with Gasteiger partial charge in [-0.15, -0.1) is 0 Å². The zero-order valence-electron chi connectivity index (χ0n) is 15.7. The predicted octanol–water partition coefficient (Wildman–Crippen LogP) is 0.909. The van der Waals surface area contributed by atoms with Crippen molar-refractivity contribution in [3.05, 3.63) is 0 Å². The van der Waals surface area contributed by atoms with E-state index in [0.717, 1.165) is 0 Å². The molecule has 3 saturated heterocycles. The molecule has 3 fully saturated rings. The number of ether oxygens (including phenoxy) is 6. The summed E-state index contributed by atoms with van der Waals surface area (Å²) in [6.07, 6.45) is -2.30. The van der Waals surface area contributed by atoms with Crippen LogP contribution in [0.1, 0.15) is 41.5 Å². The molecule has 3 heterocycles. The summed E-state index contributed by atoms with van der Waals surface area (Å²) in [5.74, 6) is -2.02. The van der Waals surface area contributed by atoms with Gasteiger partial charge in [-0.25, -0.2) is 0 Å². The lowest BCUT2D eigenvalue weighted by Gasteiger charge is -2.37. The van der Waals surface area contributed by atoms with Crippen LogP contribution >= 0.6 is 0 Å². The van der Waals surface area contributed by atoms with Crippen molar-refractivity contribution in [3.8, 4) is 0 Å². The van der Waals surface area contributed by atoms with Gasteiger partial charge in [-0.3, -0.25) is 4.79 Å². The molecule has 0 amide bonds. The van der Waals surface area contributed by atoms with E-state index in [4.69, 9.17) is 34.2 Å². The Labute approximate surface area is 148 Å². The number of carbonyl (C=O) groups is 1. The molecule has 6 atom stereocenters. The molecule has 3 aliphatic rings. The van der Waals surface area contributed by atoms with Crippen molar-refractivity contribution in [2.75, 3.05) is 6.61 Å². The van der Waals surface area contributed by atoms with Gasteiger partial charge < -0.3 is 34.2 Å². The minimum absolute atomic E-state index is 0.00531. The average Bonchev–Trinajstić information content (AvgIpc) is 2.97. The van der Waals surface area contributed by atoms with Crippen LogP contribution in [0.3, 0.4) is 0 Å². The molecule has 25 heavy (non-hydrogen) atoms. The maximum atomic E-state index is 12.0. The first-order chi connectivity index (χ1) is 11.5. The zero-order chi connectivity index (χ0) is 18.6. The SMILES string of the molecule is CC(C)[C@H](N)C(=O)OC[C@H]1O[C@@H]2OC(C)(C)O[C@@H]2[C@H]2OC(C)(C)O[C@H]21. The Morgan fingerprint density at radius 2 is 1.56 bits per heavy atom. The summed E-state index contributed by atoms with van der Waals surface area (Å²) in [6.45, 7) is 11.1. The third-order valence-corrected chi connectivity index (χ3v) is 4.63. The van der Waals surface area contributed by atoms with E-state index in [1.807, 2.05) is 41.5 Å². The first-order valence-corrected chi connectivity index (χ1v) is 8.78. The lowest BCUT2D eigenvalue weighted by molar-refractivity contribution is -0.242. The molecule has 0 saturated carbocycles. The molecule has 0 spiro atoms. The van der Waals surface area contributed by atoms with E-state index in [1.54, 1.807) is 0 Å². The molecular weight excluding hydrogens is 330 g/mol. The van der Waals surface area contributed by atoms with Crippen LogP contribution in [-0.2, 0) is 33.2 Å². The van der Waals surface area contributed by atoms with Crippen LogP contribution in [0, 0.1) is 5.92 Å². The number of carbonyl (C=O) groups excluding carboxylic acids is 1. The van der Waals surface area contributed by atoms with Crippen molar-refractivity contribution >= 4 is 5.97 Å². The molecule has 3 aliphatic heterocycles. The van der Waals surface area contributed by atoms with Crippen molar-refractivity contribution < 1.29 is 33.2 Å². The van der Waals surface area contributed by atoms with E-state index < -0.39 is 48.2 Å². The molecule has 0 bridgehead atoms. The maximum absolute atomic E-state index is 12.0. The summed E-state index contributed by atoms with van der Waals surface area (Å²) in [7, 11) is 0. The smallest absolute Gasteiger partial charge is 0.323 e. The second kappa shape index (κ2) is 6.44. The van der Waals surface area contributed by atoms with E-state index in [-0.39, 0.29) is 18.6 Å². The van der Waals surface area contributed by atoms with Gasteiger partial charge in [0.25, 0.3) is 0 Å². The predicted molar refractivity (Wildman–Crippen MR) is 86.3 cm³/mol. The van der Waals surface area contributed by atoms with E-state index >= 15 is 0 Å². The van der Waals surface area contributed by atoms with Crippen LogP contribution in [0.4, 0.5) is 0 Å². The fraction of sp³-hybridized carbons (Fsp3) is 0.941. The second-order valence-electron chi connectivity index (χ2n) is 8.11. The second-order valence-corrected chi connectivity index (χ2v) is 8.11. The van der Waals surface area contributed by atoms with Gasteiger partial charge in [0, 0.05) is 0 Å². The maximum Gasteiger partial charge on any atom is 0.323 e. The highest BCUT2D eigenvalue weighted by atomic mass is 16.9. The van der Waals surface area contributed by atoms with Gasteiger partial charge in [0.15, 0.2) is 17.9 Å². The van der Waals surface area contributed by atoms with Crippen molar-refractivity contribution in [3.63, 3.8) is 0 Å². The molecule has 0 aromatic carbocycles. The third kappa shape index (κ3) is 3.84. The van der Waals surface area contributed by atoms with Crippen LogP contribution in [0.2, 0.25) is 0 Å². The fourth-order valence-corrected chi connectivity index (χ4v) is 3.36. The van der Waals surface area contributed by atoms with Crippen LogP contribution < -0.4 is 5.73 Å². The fourth-order valence-electron chi connectivity index (χ4n) is 3.36. The van der Waals surface area contributed by atoms with Crippen LogP contribution in [0.5, 0.6) is 0 Å². The summed E-state index contributed by atoms with van der Waals surface area (Å²) in [5, 5.41) is 0. The Kier molecular flexibility index (Phi) is 4.89. The molecule has 0 unspecified atom stereocenters. The molecule has 3 rings (SSSR count). The Bertz CT molecular complexity index is 521. The summed E-state index contributed by atoms with van der Waals surface area (Å²) in [5.41, 5.74) is 5.83. The number of nitrogens with two attached hydrogens (primary N) is 1. The van der Waals surface area contributed by atoms with Crippen molar-refractivity contribution in [1.82, 2.24) is 0 Å². The average molecular weight is 359 g/mol. The highest BCUT2D eigenvalue weighted by molar-refractivity contribution is 5.75. The van der Waals surface area contributed by atoms with Crippen molar-refractivity contribution in [2.24, 2.45) is 11.7 Å². The molecule has 0 aliphatic carbocycles. The number of esters is 1. The van der Waals surface area contributed by atoms with Crippen molar-refractivity contribution in [1.29, 1.82) is 0 Å². The quantitative estimate of drug-likeness (QED) is 0.740. The van der Waals surface area contributed by atoms with E-state index in [9.17, 15) is 4.79 Å². The summed E-state index contributed by atoms with van der Waals surface area (Å²) < 4.78 is 35.1. The zero-order valence-corrected chi connectivity index (χ0v) is 15.7. The van der Waals surface area contributed by atoms with Gasteiger partial charge in [0.2, 0.25) is 0 Å². The summed E-state index contributed by atoms with van der Waals surface area (Å²) in [4.78, 5) is 12.0. The van der Waals surface area contributed by atoms with Gasteiger partial charge in [-0.1, -0.05) is 13.8 Å². The third-order valence-electron chi connectivity index (χ3n) is 4.63. The molecule has 0 aromatic rings. The van der Waals surface area contributed by atoms with Gasteiger partial charge in [-0.05, 0) is 33.6 Å². The lowest BCUT2D eigenvalue weighted by atomic mass is 9.99. The van der Waals surface area contributed by atoms with E-state index in [1.165, 1.54) is 0 Å². The van der Waals surface area contributed by atoms with Crippen LogP contribution in [0.25, 0.3) is 0 Å². The molecule has 2 N–H and O–H groups in total. The first-order valence-electron chi connectivity index (χ1n) is 8.78. The van der Waals surface area contributed by atoms with E-state index in [2.05, 4.69) is 0 Å². The number of rotatable bonds is 4. The molecule has 8 nitrogen and oxygen atoms in total. The lowest BCUT2D eigenvalue weighted by Crippen LogP contribution is -2.56. The Hall–Kier alpha value is -0.770. The summed E-state index contributed by atoms with van der Waals surface area (Å²) >= 11 is 0. The van der Waals surface area contributed by atoms with Gasteiger partial charge in [-0.2, -0.15) is 0 Å². The Morgan fingerprint density at radius 3 is 2.20 bits per heavy atom. The van der Waals surface area contributed by atoms with Gasteiger partial charge in [0.1, 0.15) is 37.1 Å². The minimum Gasteiger partial charge on any atom is -0.462 e. The Morgan fingerprint density at radius 1 is 1.00 bits per heavy atom. The Balaban J connectivity index is 1.70. The van der Waals surface area contributed by atoms with Crippen molar-refractivity contribution in [2.45, 2.75) is 89.9 Å². The summed E-state index contributed by atoms with van der Waals surface area (Å²) in [6, 6.07) is -0.672. The number of fused-ring (bicyclic) bond motifs is 3. The highest BCUT2D eigenvalue weighted by Gasteiger charge is 2.60. The van der Waals surface area contributed by atoms with Crippen LogP contribution in [0.15, 0.2) is 0 Å². The van der Waals surface area contributed by atoms with Gasteiger partial charge >= 0.3 is 5.97 Å². The molecule has 0 radical (unpaired) electrons. The monoisotopic (exact) mass is 359 g/mol. The molecule has 144 valence electrons. The number of hydrogen-bond donors (Lipinski definition) is 1. The molecule has 0 aromatic heterocycles. The normalized spacial score (nSPS) is 39.8. The highest BCUT2D eigenvalue weighted by Crippen LogP contribution is 2.44. The van der Waals surface area contributed by atoms with Crippen LogP contribution in [-0.4, -0.2) is 60.9 Å². The number of hydrogen-bond acceptors (Lipinski definition) is 8. The first kappa shape index (κ1) is 19.0. The largest absolute Gasteiger partial charge is 0.462 e.